The molecule has 1 atom stereocenters. The molecular weight excluding hydrogens is 319 g/mol. The van der Waals surface area contributed by atoms with Crippen molar-refractivity contribution in [2.75, 3.05) is 26.2 Å². The molecule has 1 aromatic rings. The van der Waals surface area contributed by atoms with Crippen molar-refractivity contribution < 1.29 is 5.11 Å². The standard InChI is InChI=1S/C17H26N2O.2ClH/c1-12-9-15(10-13(2)17(12)20)16(11-14-3-4-14)19-7-5-18-6-8-19;;/h9-10,14,16,18,20H,3-8,11H2,1-2H3;2*1H/t16-;;/m1../s1. The van der Waals surface area contributed by atoms with Gasteiger partial charge < -0.3 is 10.4 Å². The maximum absolute atomic E-state index is 9.99. The fourth-order valence-corrected chi connectivity index (χ4v) is 3.34. The molecule has 2 aliphatic rings. The minimum absolute atomic E-state index is 0. The molecule has 1 aromatic carbocycles. The normalized spacial score (nSPS) is 19.9. The average Bonchev–Trinajstić information content (AvgIpc) is 3.27. The first-order chi connectivity index (χ1) is 9.65. The van der Waals surface area contributed by atoms with Crippen LogP contribution in [-0.2, 0) is 0 Å². The van der Waals surface area contributed by atoms with Crippen molar-refractivity contribution in [3.05, 3.63) is 28.8 Å². The Labute approximate surface area is 146 Å². The van der Waals surface area contributed by atoms with E-state index in [0.29, 0.717) is 11.8 Å². The number of phenolic OH excluding ortho intramolecular Hbond substituents is 1. The molecule has 3 rings (SSSR count). The van der Waals surface area contributed by atoms with E-state index in [0.717, 1.165) is 43.2 Å². The van der Waals surface area contributed by atoms with Crippen LogP contribution in [0, 0.1) is 19.8 Å². The molecule has 3 nitrogen and oxygen atoms in total. The lowest BCUT2D eigenvalue weighted by molar-refractivity contribution is 0.160. The van der Waals surface area contributed by atoms with E-state index in [4.69, 9.17) is 0 Å². The third-order valence-corrected chi connectivity index (χ3v) is 4.74. The smallest absolute Gasteiger partial charge is 0.121 e. The van der Waals surface area contributed by atoms with Crippen molar-refractivity contribution in [1.29, 1.82) is 0 Å². The van der Waals surface area contributed by atoms with E-state index >= 15 is 0 Å². The second kappa shape index (κ2) is 8.39. The van der Waals surface area contributed by atoms with Crippen LogP contribution in [-0.4, -0.2) is 36.2 Å². The highest BCUT2D eigenvalue weighted by molar-refractivity contribution is 5.85. The number of halogens is 2. The van der Waals surface area contributed by atoms with Gasteiger partial charge in [-0.25, -0.2) is 0 Å². The number of phenols is 1. The van der Waals surface area contributed by atoms with Crippen molar-refractivity contribution in [2.45, 2.75) is 39.2 Å². The summed E-state index contributed by atoms with van der Waals surface area (Å²) in [5.74, 6) is 1.38. The molecule has 0 bridgehead atoms. The Balaban J connectivity index is 0.00000121. The SMILES string of the molecule is Cc1cc([C@@H](CC2CC2)N2CCNCC2)cc(C)c1O.Cl.Cl. The Hall–Kier alpha value is -0.480. The van der Waals surface area contributed by atoms with Crippen molar-refractivity contribution >= 4 is 24.8 Å². The van der Waals surface area contributed by atoms with Crippen LogP contribution in [0.3, 0.4) is 0 Å². The predicted octanol–water partition coefficient (Wildman–Crippen LogP) is 3.60. The Morgan fingerprint density at radius 3 is 2.18 bits per heavy atom. The van der Waals surface area contributed by atoms with E-state index in [-0.39, 0.29) is 24.8 Å². The van der Waals surface area contributed by atoms with E-state index in [1.54, 1.807) is 0 Å². The summed E-state index contributed by atoms with van der Waals surface area (Å²) in [4.78, 5) is 2.63. The van der Waals surface area contributed by atoms with Gasteiger partial charge in [-0.2, -0.15) is 0 Å². The van der Waals surface area contributed by atoms with Crippen LogP contribution in [0.1, 0.15) is 42.0 Å². The fraction of sp³-hybridized carbons (Fsp3) is 0.647. The summed E-state index contributed by atoms with van der Waals surface area (Å²) in [6.07, 6.45) is 4.08. The number of hydrogen-bond donors (Lipinski definition) is 2. The second-order valence-electron chi connectivity index (χ2n) is 6.48. The Morgan fingerprint density at radius 1 is 1.14 bits per heavy atom. The van der Waals surface area contributed by atoms with Gasteiger partial charge in [-0.1, -0.05) is 25.0 Å². The van der Waals surface area contributed by atoms with Gasteiger partial charge in [-0.15, -0.1) is 24.8 Å². The van der Waals surface area contributed by atoms with Crippen molar-refractivity contribution in [3.8, 4) is 5.75 Å². The van der Waals surface area contributed by atoms with Gasteiger partial charge >= 0.3 is 0 Å². The lowest BCUT2D eigenvalue weighted by atomic mass is 9.95. The molecule has 0 spiro atoms. The number of hydrogen-bond acceptors (Lipinski definition) is 3. The van der Waals surface area contributed by atoms with E-state index < -0.39 is 0 Å². The summed E-state index contributed by atoms with van der Waals surface area (Å²) >= 11 is 0. The van der Waals surface area contributed by atoms with Gasteiger partial charge in [0.1, 0.15) is 5.75 Å². The number of aromatic hydroxyl groups is 1. The Kier molecular flexibility index (Phi) is 7.47. The molecule has 126 valence electrons. The first-order valence-corrected chi connectivity index (χ1v) is 7.90. The van der Waals surface area contributed by atoms with Crippen LogP contribution < -0.4 is 5.32 Å². The van der Waals surface area contributed by atoms with Gasteiger partial charge in [0.05, 0.1) is 0 Å². The monoisotopic (exact) mass is 346 g/mol. The number of nitrogens with one attached hydrogen (secondary N) is 1. The summed E-state index contributed by atoms with van der Waals surface area (Å²) in [6.45, 7) is 8.48. The lowest BCUT2D eigenvalue weighted by Crippen LogP contribution is -2.45. The molecule has 1 aliphatic carbocycles. The van der Waals surface area contributed by atoms with Crippen LogP contribution in [0.2, 0.25) is 0 Å². The maximum Gasteiger partial charge on any atom is 0.121 e. The first kappa shape index (κ1) is 19.6. The van der Waals surface area contributed by atoms with Gasteiger partial charge in [0, 0.05) is 32.2 Å². The summed E-state index contributed by atoms with van der Waals surface area (Å²) < 4.78 is 0. The Morgan fingerprint density at radius 2 is 1.68 bits per heavy atom. The molecule has 1 heterocycles. The minimum Gasteiger partial charge on any atom is -0.507 e. The van der Waals surface area contributed by atoms with E-state index in [2.05, 4.69) is 22.3 Å². The van der Waals surface area contributed by atoms with Crippen LogP contribution in [0.4, 0.5) is 0 Å². The number of nitrogens with zero attached hydrogens (tertiary/aromatic N) is 1. The second-order valence-corrected chi connectivity index (χ2v) is 6.48. The molecule has 0 radical (unpaired) electrons. The first-order valence-electron chi connectivity index (χ1n) is 7.90. The topological polar surface area (TPSA) is 35.5 Å². The molecule has 1 saturated heterocycles. The van der Waals surface area contributed by atoms with Gasteiger partial charge in [0.15, 0.2) is 0 Å². The summed E-state index contributed by atoms with van der Waals surface area (Å²) in [5.41, 5.74) is 3.42. The van der Waals surface area contributed by atoms with E-state index in [1.807, 2.05) is 13.8 Å². The Bertz CT molecular complexity index is 463. The van der Waals surface area contributed by atoms with Crippen LogP contribution in [0.5, 0.6) is 5.75 Å². The third-order valence-electron chi connectivity index (χ3n) is 4.74. The van der Waals surface area contributed by atoms with E-state index in [1.165, 1.54) is 24.8 Å². The minimum atomic E-state index is 0. The number of benzene rings is 1. The molecule has 0 amide bonds. The van der Waals surface area contributed by atoms with Crippen LogP contribution in [0.15, 0.2) is 12.1 Å². The molecule has 2 N–H and O–H groups in total. The average molecular weight is 347 g/mol. The third kappa shape index (κ3) is 4.51. The molecular formula is C17H28Cl2N2O. The van der Waals surface area contributed by atoms with Crippen molar-refractivity contribution in [1.82, 2.24) is 10.2 Å². The van der Waals surface area contributed by atoms with E-state index in [9.17, 15) is 5.11 Å². The number of rotatable bonds is 4. The fourth-order valence-electron chi connectivity index (χ4n) is 3.34. The van der Waals surface area contributed by atoms with Gasteiger partial charge in [0.25, 0.3) is 0 Å². The summed E-state index contributed by atoms with van der Waals surface area (Å²) in [6, 6.07) is 4.91. The molecule has 0 unspecified atom stereocenters. The van der Waals surface area contributed by atoms with Crippen LogP contribution >= 0.6 is 24.8 Å². The number of piperazine rings is 1. The van der Waals surface area contributed by atoms with Crippen molar-refractivity contribution in [3.63, 3.8) is 0 Å². The molecule has 0 aromatic heterocycles. The zero-order valence-corrected chi connectivity index (χ0v) is 15.1. The zero-order valence-electron chi connectivity index (χ0n) is 13.5. The lowest BCUT2D eigenvalue weighted by Gasteiger charge is -2.36. The highest BCUT2D eigenvalue weighted by Crippen LogP contribution is 2.41. The van der Waals surface area contributed by atoms with Gasteiger partial charge in [0.2, 0.25) is 0 Å². The predicted molar refractivity (Wildman–Crippen MR) is 96.6 cm³/mol. The van der Waals surface area contributed by atoms with Crippen molar-refractivity contribution in [2.24, 2.45) is 5.92 Å². The molecule has 22 heavy (non-hydrogen) atoms. The quantitative estimate of drug-likeness (QED) is 0.874. The highest BCUT2D eigenvalue weighted by Gasteiger charge is 2.30. The van der Waals surface area contributed by atoms with Crippen LogP contribution in [0.25, 0.3) is 0 Å². The highest BCUT2D eigenvalue weighted by atomic mass is 35.5. The molecule has 2 fully saturated rings. The largest absolute Gasteiger partial charge is 0.507 e. The summed E-state index contributed by atoms with van der Waals surface area (Å²) in [5, 5.41) is 13.4. The van der Waals surface area contributed by atoms with Gasteiger partial charge in [-0.05, 0) is 42.9 Å². The summed E-state index contributed by atoms with van der Waals surface area (Å²) in [7, 11) is 0. The molecule has 1 aliphatic heterocycles. The molecule has 5 heteroatoms. The maximum atomic E-state index is 9.99. The zero-order chi connectivity index (χ0) is 14.1. The van der Waals surface area contributed by atoms with Gasteiger partial charge in [-0.3, -0.25) is 4.90 Å². The number of aryl methyl sites for hydroxylation is 2. The molecule has 1 saturated carbocycles.